The van der Waals surface area contributed by atoms with Crippen LogP contribution in [0.4, 0.5) is 5.82 Å². The Balaban J connectivity index is 1.23. The molecule has 6 heterocycles. The standard InChI is InChI=1S/C30H32N6O2/c1-35-10-12-36(13-11-35)28-16-20(4-7-32-28)22-14-24-25(19-34-29(24)33-18-22)21-2-3-23-26(37)17-30(38-27(23)15-21)5-8-31-9-6-30/h2-4,7,14-16,18-19,31H,5-6,8-13,17H2,1H3,(H,33,34). The molecule has 3 aliphatic heterocycles. The third-order valence-electron chi connectivity index (χ3n) is 8.35. The zero-order chi connectivity index (χ0) is 25.7. The number of piperazine rings is 1. The van der Waals surface area contributed by atoms with Gasteiger partial charge >= 0.3 is 0 Å². The number of anilines is 1. The molecule has 1 aromatic carbocycles. The normalized spacial score (nSPS) is 19.5. The fraction of sp³-hybridized carbons (Fsp3) is 0.367. The van der Waals surface area contributed by atoms with Gasteiger partial charge in [-0.25, -0.2) is 9.97 Å². The van der Waals surface area contributed by atoms with Gasteiger partial charge in [-0.15, -0.1) is 0 Å². The van der Waals surface area contributed by atoms with Crippen LogP contribution in [-0.2, 0) is 0 Å². The number of benzene rings is 1. The number of carbonyl (C=O) groups excluding carboxylic acids is 1. The van der Waals surface area contributed by atoms with Gasteiger partial charge in [0.2, 0.25) is 0 Å². The number of aromatic nitrogens is 3. The maximum atomic E-state index is 13.0. The number of nitrogens with zero attached hydrogens (tertiary/aromatic N) is 4. The first kappa shape index (κ1) is 23.4. The number of Topliss-reactive ketones (excluding diaryl/α,β-unsaturated/α-hetero) is 1. The number of aromatic amines is 1. The van der Waals surface area contributed by atoms with Crippen LogP contribution in [0.5, 0.6) is 5.75 Å². The van der Waals surface area contributed by atoms with Gasteiger partial charge in [-0.2, -0.15) is 0 Å². The summed E-state index contributed by atoms with van der Waals surface area (Å²) < 4.78 is 6.55. The number of pyridine rings is 2. The van der Waals surface area contributed by atoms with E-state index in [1.165, 1.54) is 0 Å². The molecule has 38 heavy (non-hydrogen) atoms. The number of ketones is 1. The smallest absolute Gasteiger partial charge is 0.170 e. The number of H-pyrrole nitrogens is 1. The van der Waals surface area contributed by atoms with E-state index >= 15 is 0 Å². The lowest BCUT2D eigenvalue weighted by Crippen LogP contribution is -2.49. The molecule has 3 aromatic heterocycles. The highest BCUT2D eigenvalue weighted by Gasteiger charge is 2.41. The summed E-state index contributed by atoms with van der Waals surface area (Å²) in [5.41, 5.74) is 5.35. The van der Waals surface area contributed by atoms with Crippen LogP contribution in [0.2, 0.25) is 0 Å². The third kappa shape index (κ3) is 4.14. The monoisotopic (exact) mass is 508 g/mol. The second-order valence-corrected chi connectivity index (χ2v) is 10.9. The van der Waals surface area contributed by atoms with Gasteiger partial charge in [0, 0.05) is 74.1 Å². The van der Waals surface area contributed by atoms with Crippen LogP contribution in [-0.4, -0.2) is 77.6 Å². The van der Waals surface area contributed by atoms with Crippen molar-refractivity contribution in [1.82, 2.24) is 25.2 Å². The third-order valence-corrected chi connectivity index (χ3v) is 8.35. The van der Waals surface area contributed by atoms with Crippen LogP contribution in [0.15, 0.2) is 55.0 Å². The molecule has 1 spiro atoms. The maximum Gasteiger partial charge on any atom is 0.170 e. The van der Waals surface area contributed by atoms with Gasteiger partial charge in [0.15, 0.2) is 5.78 Å². The molecule has 0 radical (unpaired) electrons. The number of likely N-dealkylation sites (N-methyl/N-ethyl adjacent to an activating group) is 1. The predicted octanol–water partition coefficient (Wildman–Crippen LogP) is 4.13. The minimum atomic E-state index is -0.383. The number of piperidine rings is 1. The van der Waals surface area contributed by atoms with E-state index in [0.29, 0.717) is 17.7 Å². The Bertz CT molecular complexity index is 1510. The summed E-state index contributed by atoms with van der Waals surface area (Å²) in [5.74, 6) is 1.88. The van der Waals surface area contributed by atoms with E-state index in [4.69, 9.17) is 9.72 Å². The Morgan fingerprint density at radius 2 is 1.76 bits per heavy atom. The fourth-order valence-corrected chi connectivity index (χ4v) is 6.03. The first-order chi connectivity index (χ1) is 18.6. The second-order valence-electron chi connectivity index (χ2n) is 10.9. The molecule has 0 amide bonds. The quantitative estimate of drug-likeness (QED) is 0.430. The Kier molecular flexibility index (Phi) is 5.67. The molecule has 0 unspecified atom stereocenters. The Labute approximate surface area is 222 Å². The molecule has 8 nitrogen and oxygen atoms in total. The number of ether oxygens (including phenoxy) is 1. The highest BCUT2D eigenvalue weighted by Crippen LogP contribution is 2.41. The van der Waals surface area contributed by atoms with Crippen LogP contribution >= 0.6 is 0 Å². The van der Waals surface area contributed by atoms with E-state index in [-0.39, 0.29) is 11.4 Å². The van der Waals surface area contributed by atoms with Crippen LogP contribution in [0, 0.1) is 0 Å². The first-order valence-electron chi connectivity index (χ1n) is 13.5. The van der Waals surface area contributed by atoms with Crippen LogP contribution < -0.4 is 15.0 Å². The lowest BCUT2D eigenvalue weighted by molar-refractivity contribution is 0.0188. The maximum absolute atomic E-state index is 13.0. The van der Waals surface area contributed by atoms with Crippen molar-refractivity contribution in [3.05, 3.63) is 60.6 Å². The Hall–Kier alpha value is -3.75. The van der Waals surface area contributed by atoms with Crippen molar-refractivity contribution >= 4 is 22.6 Å². The van der Waals surface area contributed by atoms with Gasteiger partial charge in [-0.05, 0) is 61.6 Å². The van der Waals surface area contributed by atoms with Crippen LogP contribution in [0.25, 0.3) is 33.3 Å². The van der Waals surface area contributed by atoms with Crippen molar-refractivity contribution in [3.63, 3.8) is 0 Å². The van der Waals surface area contributed by atoms with Crippen LogP contribution in [0.1, 0.15) is 29.6 Å². The van der Waals surface area contributed by atoms with Crippen molar-refractivity contribution in [2.24, 2.45) is 0 Å². The topological polar surface area (TPSA) is 86.4 Å². The molecule has 8 heteroatoms. The molecule has 3 aliphatic rings. The second kappa shape index (κ2) is 9.22. The number of rotatable bonds is 3. The lowest BCUT2D eigenvalue weighted by atomic mass is 9.82. The van der Waals surface area contributed by atoms with E-state index in [1.807, 2.05) is 42.9 Å². The molecule has 194 valence electrons. The van der Waals surface area contributed by atoms with Gasteiger partial charge in [0.1, 0.15) is 22.8 Å². The SMILES string of the molecule is CN1CCN(c2cc(-c3cnc4[nH]cc(-c5ccc6c(c5)OC5(CCNCC5)CC6=O)c4c3)ccn2)CC1. The van der Waals surface area contributed by atoms with Crippen molar-refractivity contribution in [2.45, 2.75) is 24.9 Å². The summed E-state index contributed by atoms with van der Waals surface area (Å²) in [4.78, 5) is 30.4. The zero-order valence-corrected chi connectivity index (χ0v) is 21.7. The van der Waals surface area contributed by atoms with Gasteiger partial charge in [0.05, 0.1) is 12.0 Å². The van der Waals surface area contributed by atoms with Crippen molar-refractivity contribution < 1.29 is 9.53 Å². The number of fused-ring (bicyclic) bond motifs is 2. The molecule has 0 aliphatic carbocycles. The van der Waals surface area contributed by atoms with Crippen molar-refractivity contribution in [1.29, 1.82) is 0 Å². The van der Waals surface area contributed by atoms with E-state index < -0.39 is 0 Å². The molecule has 7 rings (SSSR count). The highest BCUT2D eigenvalue weighted by atomic mass is 16.5. The number of hydrogen-bond acceptors (Lipinski definition) is 7. The Morgan fingerprint density at radius 3 is 2.61 bits per heavy atom. The average Bonchev–Trinajstić information content (AvgIpc) is 3.37. The number of carbonyl (C=O) groups is 1. The molecule has 4 aromatic rings. The van der Waals surface area contributed by atoms with E-state index in [9.17, 15) is 4.79 Å². The summed E-state index contributed by atoms with van der Waals surface area (Å²) in [6, 6.07) is 12.4. The number of hydrogen-bond donors (Lipinski definition) is 2. The molecule has 2 N–H and O–H groups in total. The summed E-state index contributed by atoms with van der Waals surface area (Å²) in [6.45, 7) is 5.80. The first-order valence-corrected chi connectivity index (χ1v) is 13.5. The largest absolute Gasteiger partial charge is 0.486 e. The van der Waals surface area contributed by atoms with Crippen molar-refractivity contribution in [3.8, 4) is 28.0 Å². The van der Waals surface area contributed by atoms with Crippen molar-refractivity contribution in [2.75, 3.05) is 51.2 Å². The molecular formula is C30H32N6O2. The van der Waals surface area contributed by atoms with E-state index in [0.717, 1.165) is 91.2 Å². The highest BCUT2D eigenvalue weighted by molar-refractivity contribution is 6.02. The summed E-state index contributed by atoms with van der Waals surface area (Å²) in [6.07, 6.45) is 7.97. The predicted molar refractivity (Wildman–Crippen MR) is 149 cm³/mol. The fourth-order valence-electron chi connectivity index (χ4n) is 6.03. The molecule has 0 bridgehead atoms. The summed E-state index contributed by atoms with van der Waals surface area (Å²) in [7, 11) is 2.16. The zero-order valence-electron chi connectivity index (χ0n) is 21.7. The van der Waals surface area contributed by atoms with Gasteiger partial charge in [0.25, 0.3) is 0 Å². The summed E-state index contributed by atoms with van der Waals surface area (Å²) >= 11 is 0. The summed E-state index contributed by atoms with van der Waals surface area (Å²) in [5, 5.41) is 4.42. The molecule has 0 saturated carbocycles. The average molecular weight is 509 g/mol. The van der Waals surface area contributed by atoms with Gasteiger partial charge in [-0.1, -0.05) is 6.07 Å². The van der Waals surface area contributed by atoms with E-state index in [1.54, 1.807) is 0 Å². The molecule has 2 fully saturated rings. The molecule has 2 saturated heterocycles. The minimum absolute atomic E-state index is 0.177. The number of nitrogens with one attached hydrogen (secondary N) is 2. The van der Waals surface area contributed by atoms with Gasteiger partial charge < -0.3 is 24.8 Å². The Morgan fingerprint density at radius 1 is 0.921 bits per heavy atom. The minimum Gasteiger partial charge on any atom is -0.486 e. The van der Waals surface area contributed by atoms with E-state index in [2.05, 4.69) is 44.3 Å². The lowest BCUT2D eigenvalue weighted by Gasteiger charge is -2.41. The molecule has 0 atom stereocenters. The molecular weight excluding hydrogens is 476 g/mol. The van der Waals surface area contributed by atoms with Gasteiger partial charge in [-0.3, -0.25) is 4.79 Å². The van der Waals surface area contributed by atoms with Crippen LogP contribution in [0.3, 0.4) is 0 Å².